The van der Waals surface area contributed by atoms with Gasteiger partial charge < -0.3 is 10.1 Å². The average Bonchev–Trinajstić information content (AvgIpc) is 3.25. The molecule has 0 atom stereocenters. The summed E-state index contributed by atoms with van der Waals surface area (Å²) in [6, 6.07) is 18.2. The lowest BCUT2D eigenvalue weighted by atomic mass is 10.2. The number of amides is 1. The molecule has 0 unspecified atom stereocenters. The lowest BCUT2D eigenvalue weighted by Crippen LogP contribution is -2.34. The van der Waals surface area contributed by atoms with Crippen molar-refractivity contribution in [3.63, 3.8) is 0 Å². The van der Waals surface area contributed by atoms with Gasteiger partial charge >= 0.3 is 0 Å². The van der Waals surface area contributed by atoms with E-state index in [4.69, 9.17) is 40.2 Å². The standard InChI is InChI=1S/C25H21Cl2N3O2S2/c1-2-3-12-32-16-10-8-15(9-11-16)23(31)30-25(33)29-21-13-17(18(26)14-19(21)27)24-28-20-6-4-5-7-22(20)34-24/h4-11,13-14H,2-3,12H2,1H3,(H2,29,30,31,33). The number of thiocarbonyl (C=S) groups is 1. The number of aromatic nitrogens is 1. The predicted molar refractivity (Wildman–Crippen MR) is 146 cm³/mol. The van der Waals surface area contributed by atoms with E-state index in [9.17, 15) is 4.79 Å². The van der Waals surface area contributed by atoms with Crippen molar-refractivity contribution in [1.29, 1.82) is 0 Å². The fourth-order valence-corrected chi connectivity index (χ4v) is 4.94. The van der Waals surface area contributed by atoms with Gasteiger partial charge in [-0.3, -0.25) is 10.1 Å². The monoisotopic (exact) mass is 529 g/mol. The molecule has 5 nitrogen and oxygen atoms in total. The molecule has 3 aromatic carbocycles. The summed E-state index contributed by atoms with van der Waals surface area (Å²) in [5.41, 5.74) is 2.60. The van der Waals surface area contributed by atoms with Crippen molar-refractivity contribution in [2.75, 3.05) is 11.9 Å². The Hall–Kier alpha value is -2.71. The lowest BCUT2D eigenvalue weighted by Gasteiger charge is -2.13. The first-order chi connectivity index (χ1) is 16.4. The van der Waals surface area contributed by atoms with Gasteiger partial charge in [-0.25, -0.2) is 4.98 Å². The van der Waals surface area contributed by atoms with E-state index in [1.807, 2.05) is 24.3 Å². The van der Waals surface area contributed by atoms with Crippen molar-refractivity contribution in [3.05, 3.63) is 76.3 Å². The zero-order valence-corrected chi connectivity index (χ0v) is 21.4. The third kappa shape index (κ3) is 5.85. The summed E-state index contributed by atoms with van der Waals surface area (Å²) in [5, 5.41) is 7.40. The summed E-state index contributed by atoms with van der Waals surface area (Å²) in [5.74, 6) is 0.384. The molecular formula is C25H21Cl2N3O2S2. The highest BCUT2D eigenvalue weighted by Crippen LogP contribution is 2.38. The third-order valence-electron chi connectivity index (χ3n) is 4.94. The highest BCUT2D eigenvalue weighted by Gasteiger charge is 2.15. The molecule has 0 radical (unpaired) electrons. The van der Waals surface area contributed by atoms with Crippen molar-refractivity contribution >= 4 is 73.7 Å². The number of carbonyl (C=O) groups excluding carboxylic acids is 1. The quantitative estimate of drug-likeness (QED) is 0.191. The number of halogens is 2. The number of para-hydroxylation sites is 1. The van der Waals surface area contributed by atoms with Crippen LogP contribution in [-0.2, 0) is 0 Å². The van der Waals surface area contributed by atoms with Crippen LogP contribution in [-0.4, -0.2) is 22.6 Å². The van der Waals surface area contributed by atoms with E-state index in [2.05, 4.69) is 22.5 Å². The smallest absolute Gasteiger partial charge is 0.257 e. The fourth-order valence-electron chi connectivity index (χ4n) is 3.16. The first-order valence-corrected chi connectivity index (χ1v) is 12.6. The fraction of sp³-hybridized carbons (Fsp3) is 0.160. The number of thiazole rings is 1. The largest absolute Gasteiger partial charge is 0.494 e. The van der Waals surface area contributed by atoms with Crippen LogP contribution < -0.4 is 15.4 Å². The Morgan fingerprint density at radius 3 is 2.59 bits per heavy atom. The summed E-state index contributed by atoms with van der Waals surface area (Å²) < 4.78 is 6.69. The number of hydrogen-bond acceptors (Lipinski definition) is 5. The Morgan fingerprint density at radius 1 is 1.09 bits per heavy atom. The molecule has 0 aliphatic heterocycles. The molecule has 0 spiro atoms. The molecule has 1 amide bonds. The van der Waals surface area contributed by atoms with Crippen LogP contribution in [0.4, 0.5) is 5.69 Å². The number of unbranched alkanes of at least 4 members (excludes halogenated alkanes) is 1. The Labute approximate surface area is 217 Å². The zero-order valence-electron chi connectivity index (χ0n) is 18.2. The Balaban J connectivity index is 1.45. The number of ether oxygens (including phenoxy) is 1. The number of hydrogen-bond donors (Lipinski definition) is 2. The van der Waals surface area contributed by atoms with Gasteiger partial charge in [0, 0.05) is 11.1 Å². The van der Waals surface area contributed by atoms with Crippen LogP contribution in [0, 0.1) is 0 Å². The Morgan fingerprint density at radius 2 is 1.85 bits per heavy atom. The maximum absolute atomic E-state index is 12.6. The van der Waals surface area contributed by atoms with E-state index in [1.165, 1.54) is 11.3 Å². The number of nitrogens with zero attached hydrogens (tertiary/aromatic N) is 1. The molecule has 2 N–H and O–H groups in total. The molecule has 1 aromatic heterocycles. The maximum Gasteiger partial charge on any atom is 0.257 e. The Bertz CT molecular complexity index is 1310. The predicted octanol–water partition coefficient (Wildman–Crippen LogP) is 7.58. The van der Waals surface area contributed by atoms with Crippen molar-refractivity contribution in [1.82, 2.24) is 10.3 Å². The van der Waals surface area contributed by atoms with Crippen LogP contribution in [0.25, 0.3) is 20.8 Å². The van der Waals surface area contributed by atoms with Crippen LogP contribution in [0.15, 0.2) is 60.7 Å². The van der Waals surface area contributed by atoms with Gasteiger partial charge in [-0.05, 0) is 67.2 Å². The van der Waals surface area contributed by atoms with E-state index >= 15 is 0 Å². The molecule has 9 heteroatoms. The maximum atomic E-state index is 12.6. The topological polar surface area (TPSA) is 63.2 Å². The van der Waals surface area contributed by atoms with Gasteiger partial charge in [0.2, 0.25) is 0 Å². The second-order valence-electron chi connectivity index (χ2n) is 7.43. The van der Waals surface area contributed by atoms with Gasteiger partial charge in [0.05, 0.1) is 32.6 Å². The summed E-state index contributed by atoms with van der Waals surface area (Å²) in [6.07, 6.45) is 2.04. The van der Waals surface area contributed by atoms with Gasteiger partial charge in [0.1, 0.15) is 10.8 Å². The average molecular weight is 531 g/mol. The molecule has 4 rings (SSSR count). The van der Waals surface area contributed by atoms with Crippen LogP contribution in [0.3, 0.4) is 0 Å². The molecule has 34 heavy (non-hydrogen) atoms. The van der Waals surface area contributed by atoms with E-state index in [0.717, 1.165) is 39.4 Å². The molecular weight excluding hydrogens is 509 g/mol. The van der Waals surface area contributed by atoms with Crippen molar-refractivity contribution < 1.29 is 9.53 Å². The van der Waals surface area contributed by atoms with Crippen LogP contribution in [0.1, 0.15) is 30.1 Å². The molecule has 174 valence electrons. The molecule has 1 heterocycles. The van der Waals surface area contributed by atoms with Gasteiger partial charge in [-0.2, -0.15) is 0 Å². The molecule has 0 aliphatic carbocycles. The summed E-state index contributed by atoms with van der Waals surface area (Å²) in [4.78, 5) is 17.3. The van der Waals surface area contributed by atoms with Gasteiger partial charge in [0.15, 0.2) is 5.11 Å². The van der Waals surface area contributed by atoms with Gasteiger partial charge in [-0.1, -0.05) is 48.7 Å². The highest BCUT2D eigenvalue weighted by atomic mass is 35.5. The number of rotatable bonds is 7. The van der Waals surface area contributed by atoms with Crippen molar-refractivity contribution in [2.24, 2.45) is 0 Å². The van der Waals surface area contributed by atoms with E-state index in [-0.39, 0.29) is 11.0 Å². The van der Waals surface area contributed by atoms with Crippen molar-refractivity contribution in [3.8, 4) is 16.3 Å². The first kappa shape index (κ1) is 24.4. The number of benzene rings is 3. The first-order valence-electron chi connectivity index (χ1n) is 10.6. The minimum Gasteiger partial charge on any atom is -0.494 e. The second-order valence-corrected chi connectivity index (χ2v) is 9.69. The van der Waals surface area contributed by atoms with E-state index in [0.29, 0.717) is 27.9 Å². The molecule has 4 aromatic rings. The van der Waals surface area contributed by atoms with Crippen molar-refractivity contribution in [2.45, 2.75) is 19.8 Å². The molecule has 0 saturated carbocycles. The molecule has 0 saturated heterocycles. The number of carbonyl (C=O) groups is 1. The lowest BCUT2D eigenvalue weighted by molar-refractivity contribution is 0.0977. The zero-order chi connectivity index (χ0) is 24.1. The Kier molecular flexibility index (Phi) is 8.00. The number of anilines is 1. The highest BCUT2D eigenvalue weighted by molar-refractivity contribution is 7.80. The van der Waals surface area contributed by atoms with Gasteiger partial charge in [0.25, 0.3) is 5.91 Å². The van der Waals surface area contributed by atoms with Crippen LogP contribution >= 0.6 is 46.8 Å². The third-order valence-corrected chi connectivity index (χ3v) is 6.84. The van der Waals surface area contributed by atoms with E-state index in [1.54, 1.807) is 36.4 Å². The minimum atomic E-state index is -0.339. The van der Waals surface area contributed by atoms with E-state index < -0.39 is 0 Å². The van der Waals surface area contributed by atoms with Crippen LogP contribution in [0.2, 0.25) is 10.0 Å². The normalized spacial score (nSPS) is 10.8. The molecule has 0 aliphatic rings. The summed E-state index contributed by atoms with van der Waals surface area (Å²) in [6.45, 7) is 2.75. The summed E-state index contributed by atoms with van der Waals surface area (Å²) in [7, 11) is 0. The SMILES string of the molecule is CCCCOc1ccc(C(=O)NC(=S)Nc2cc(-c3nc4ccccc4s3)c(Cl)cc2Cl)cc1. The number of fused-ring (bicyclic) bond motifs is 1. The second kappa shape index (κ2) is 11.1. The van der Waals surface area contributed by atoms with Crippen LogP contribution in [0.5, 0.6) is 5.75 Å². The van der Waals surface area contributed by atoms with Gasteiger partial charge in [-0.15, -0.1) is 11.3 Å². The molecule has 0 bridgehead atoms. The number of nitrogens with one attached hydrogen (secondary N) is 2. The summed E-state index contributed by atoms with van der Waals surface area (Å²) >= 11 is 19.7. The molecule has 0 fully saturated rings. The minimum absolute atomic E-state index is 0.118.